The normalized spacial score (nSPS) is 49.2. The number of rotatable bonds is 2. The molecule has 0 aromatic heterocycles. The van der Waals surface area contributed by atoms with E-state index in [0.29, 0.717) is 24.0 Å². The van der Waals surface area contributed by atoms with Gasteiger partial charge in [-0.15, -0.1) is 0 Å². The van der Waals surface area contributed by atoms with Crippen LogP contribution in [0.1, 0.15) is 34.1 Å². The Kier molecular flexibility index (Phi) is 2.16. The minimum atomic E-state index is 0.0399. The molecule has 0 aromatic rings. The third-order valence-corrected chi connectivity index (χ3v) is 3.48. The van der Waals surface area contributed by atoms with Gasteiger partial charge in [0.05, 0.1) is 24.4 Å². The smallest absolute Gasteiger partial charge is 0.0973 e. The molecule has 0 aromatic carbocycles. The molecule has 0 aliphatic carbocycles. The van der Waals surface area contributed by atoms with Gasteiger partial charge in [0.1, 0.15) is 0 Å². The van der Waals surface area contributed by atoms with Crippen LogP contribution in [0.15, 0.2) is 0 Å². The van der Waals surface area contributed by atoms with E-state index in [9.17, 15) is 0 Å². The lowest BCUT2D eigenvalue weighted by atomic mass is 9.83. The summed E-state index contributed by atoms with van der Waals surface area (Å²) in [5.41, 5.74) is 0.0399. The fourth-order valence-electron chi connectivity index (χ4n) is 2.92. The monoisotopic (exact) mass is 184 g/mol. The molecular weight excluding hydrogens is 164 g/mol. The van der Waals surface area contributed by atoms with Crippen molar-refractivity contribution in [3.8, 4) is 0 Å². The Morgan fingerprint density at radius 3 is 2.46 bits per heavy atom. The summed E-state index contributed by atoms with van der Waals surface area (Å²) in [6.45, 7) is 9.70. The molecule has 0 amide bonds. The molecule has 2 bridgehead atoms. The third kappa shape index (κ3) is 1.31. The number of hydrogen-bond acceptors (Lipinski definition) is 2. The minimum Gasteiger partial charge on any atom is -0.372 e. The fourth-order valence-corrected chi connectivity index (χ4v) is 2.92. The molecule has 4 unspecified atom stereocenters. The van der Waals surface area contributed by atoms with Crippen molar-refractivity contribution in [2.45, 2.75) is 51.9 Å². The van der Waals surface area contributed by atoms with Crippen LogP contribution in [0.5, 0.6) is 0 Å². The van der Waals surface area contributed by atoms with E-state index in [1.165, 1.54) is 0 Å². The van der Waals surface area contributed by atoms with Gasteiger partial charge in [-0.1, -0.05) is 20.8 Å². The van der Waals surface area contributed by atoms with Crippen molar-refractivity contribution in [3.05, 3.63) is 0 Å². The molecule has 2 fully saturated rings. The predicted molar refractivity (Wildman–Crippen MR) is 51.6 cm³/mol. The minimum absolute atomic E-state index is 0.0399. The molecule has 2 aliphatic heterocycles. The maximum atomic E-state index is 6.05. The summed E-state index contributed by atoms with van der Waals surface area (Å²) in [6, 6.07) is 0. The molecule has 2 heterocycles. The van der Waals surface area contributed by atoms with Crippen molar-refractivity contribution in [1.29, 1.82) is 0 Å². The maximum absolute atomic E-state index is 6.05. The Morgan fingerprint density at radius 1 is 1.38 bits per heavy atom. The lowest BCUT2D eigenvalue weighted by molar-refractivity contribution is -0.142. The average molecular weight is 184 g/mol. The Balaban J connectivity index is 2.14. The summed E-state index contributed by atoms with van der Waals surface area (Å²) < 4.78 is 11.8. The summed E-state index contributed by atoms with van der Waals surface area (Å²) in [6.07, 6.45) is 1.77. The van der Waals surface area contributed by atoms with Gasteiger partial charge in [0.25, 0.3) is 0 Å². The van der Waals surface area contributed by atoms with Crippen LogP contribution >= 0.6 is 0 Å². The quantitative estimate of drug-likeness (QED) is 0.655. The van der Waals surface area contributed by atoms with Crippen LogP contribution < -0.4 is 0 Å². The van der Waals surface area contributed by atoms with E-state index in [1.807, 2.05) is 0 Å². The average Bonchev–Trinajstić information content (AvgIpc) is 2.38. The van der Waals surface area contributed by atoms with Crippen LogP contribution in [0.2, 0.25) is 0 Å². The summed E-state index contributed by atoms with van der Waals surface area (Å²) in [5.74, 6) is 1.26. The summed E-state index contributed by atoms with van der Waals surface area (Å²) in [4.78, 5) is 0. The molecule has 2 aliphatic rings. The van der Waals surface area contributed by atoms with Gasteiger partial charge in [0.15, 0.2) is 0 Å². The molecule has 2 rings (SSSR count). The zero-order valence-corrected chi connectivity index (χ0v) is 9.04. The second-order valence-electron chi connectivity index (χ2n) is 5.05. The lowest BCUT2D eigenvalue weighted by Crippen LogP contribution is -2.38. The first-order valence-corrected chi connectivity index (χ1v) is 5.34. The predicted octanol–water partition coefficient (Wildman–Crippen LogP) is 2.22. The highest BCUT2D eigenvalue weighted by molar-refractivity contribution is 5.04. The highest BCUT2D eigenvalue weighted by Crippen LogP contribution is 2.47. The molecule has 2 heteroatoms. The van der Waals surface area contributed by atoms with E-state index in [-0.39, 0.29) is 5.60 Å². The first-order chi connectivity index (χ1) is 6.05. The summed E-state index contributed by atoms with van der Waals surface area (Å²) in [7, 11) is 0. The molecule has 76 valence electrons. The van der Waals surface area contributed by atoms with Crippen LogP contribution in [0.25, 0.3) is 0 Å². The van der Waals surface area contributed by atoms with Gasteiger partial charge in [0, 0.05) is 5.92 Å². The van der Waals surface area contributed by atoms with Crippen LogP contribution in [0, 0.1) is 11.8 Å². The Morgan fingerprint density at radius 2 is 2.08 bits per heavy atom. The van der Waals surface area contributed by atoms with E-state index in [2.05, 4.69) is 27.7 Å². The second-order valence-corrected chi connectivity index (χ2v) is 5.05. The highest BCUT2D eigenvalue weighted by atomic mass is 16.6. The van der Waals surface area contributed by atoms with Crippen LogP contribution in [0.3, 0.4) is 0 Å². The van der Waals surface area contributed by atoms with Crippen molar-refractivity contribution in [2.24, 2.45) is 11.8 Å². The molecule has 0 radical (unpaired) electrons. The Hall–Kier alpha value is -0.0800. The molecule has 2 nitrogen and oxygen atoms in total. The van der Waals surface area contributed by atoms with Gasteiger partial charge in [-0.25, -0.2) is 0 Å². The van der Waals surface area contributed by atoms with E-state index < -0.39 is 0 Å². The largest absolute Gasteiger partial charge is 0.372 e. The van der Waals surface area contributed by atoms with Gasteiger partial charge < -0.3 is 9.47 Å². The van der Waals surface area contributed by atoms with Crippen LogP contribution in [-0.4, -0.2) is 24.4 Å². The molecule has 0 spiro atoms. The molecule has 0 N–H and O–H groups in total. The van der Waals surface area contributed by atoms with Crippen molar-refractivity contribution < 1.29 is 9.47 Å². The third-order valence-electron chi connectivity index (χ3n) is 3.48. The first-order valence-electron chi connectivity index (χ1n) is 5.34. The van der Waals surface area contributed by atoms with Gasteiger partial charge in [0.2, 0.25) is 0 Å². The summed E-state index contributed by atoms with van der Waals surface area (Å²) in [5, 5.41) is 0. The molecular formula is C11H20O2. The van der Waals surface area contributed by atoms with Crippen molar-refractivity contribution in [2.75, 3.05) is 6.61 Å². The summed E-state index contributed by atoms with van der Waals surface area (Å²) >= 11 is 0. The second kappa shape index (κ2) is 2.96. The van der Waals surface area contributed by atoms with Crippen molar-refractivity contribution in [3.63, 3.8) is 0 Å². The van der Waals surface area contributed by atoms with Crippen LogP contribution in [0.4, 0.5) is 0 Å². The zero-order chi connectivity index (χ0) is 9.64. The van der Waals surface area contributed by atoms with E-state index >= 15 is 0 Å². The number of hydrogen-bond donors (Lipinski definition) is 0. The zero-order valence-electron chi connectivity index (χ0n) is 9.04. The van der Waals surface area contributed by atoms with E-state index in [4.69, 9.17) is 9.47 Å². The SMILES string of the molecule is CC(C)CC12COC(C(C)O1)C2C. The standard InChI is InChI=1S/C11H20O2/c1-7(2)5-11-6-12-10(8(11)3)9(4)13-11/h7-10H,5-6H2,1-4H3. The number of ether oxygens (including phenoxy) is 2. The first kappa shape index (κ1) is 9.47. The fraction of sp³-hybridized carbons (Fsp3) is 1.00. The van der Waals surface area contributed by atoms with E-state index in [0.717, 1.165) is 13.0 Å². The highest BCUT2D eigenvalue weighted by Gasteiger charge is 2.57. The molecule has 0 saturated carbocycles. The number of fused-ring (bicyclic) bond motifs is 2. The maximum Gasteiger partial charge on any atom is 0.0973 e. The lowest BCUT2D eigenvalue weighted by Gasteiger charge is -2.31. The van der Waals surface area contributed by atoms with Crippen molar-refractivity contribution >= 4 is 0 Å². The van der Waals surface area contributed by atoms with Crippen molar-refractivity contribution in [1.82, 2.24) is 0 Å². The topological polar surface area (TPSA) is 18.5 Å². The van der Waals surface area contributed by atoms with Gasteiger partial charge in [-0.05, 0) is 19.3 Å². The van der Waals surface area contributed by atoms with Crippen LogP contribution in [-0.2, 0) is 9.47 Å². The molecule has 2 saturated heterocycles. The molecule has 4 atom stereocenters. The van der Waals surface area contributed by atoms with E-state index in [1.54, 1.807) is 0 Å². The van der Waals surface area contributed by atoms with Gasteiger partial charge >= 0.3 is 0 Å². The Bertz CT molecular complexity index is 202. The van der Waals surface area contributed by atoms with Gasteiger partial charge in [-0.2, -0.15) is 0 Å². The Labute approximate surface area is 80.6 Å². The van der Waals surface area contributed by atoms with Gasteiger partial charge in [-0.3, -0.25) is 0 Å². The molecule has 13 heavy (non-hydrogen) atoms.